The predicted octanol–water partition coefficient (Wildman–Crippen LogP) is 3.56. The molecule has 0 atom stereocenters. The number of aryl methyl sites for hydroxylation is 1. The van der Waals surface area contributed by atoms with Gasteiger partial charge in [0.2, 0.25) is 9.84 Å². The van der Waals surface area contributed by atoms with E-state index in [1.54, 1.807) is 42.5 Å². The Labute approximate surface area is 166 Å². The van der Waals surface area contributed by atoms with Crippen molar-refractivity contribution >= 4 is 25.7 Å². The zero-order valence-corrected chi connectivity index (χ0v) is 17.3. The predicted molar refractivity (Wildman–Crippen MR) is 109 cm³/mol. The van der Waals surface area contributed by atoms with Crippen LogP contribution in [0.3, 0.4) is 0 Å². The molecule has 2 aromatic carbocycles. The van der Waals surface area contributed by atoms with Crippen molar-refractivity contribution in [2.24, 2.45) is 4.40 Å². The maximum Gasteiger partial charge on any atom is 0.284 e. The first-order valence-electron chi connectivity index (χ1n) is 8.98. The van der Waals surface area contributed by atoms with Crippen molar-refractivity contribution in [1.82, 2.24) is 5.32 Å². The van der Waals surface area contributed by atoms with Crippen molar-refractivity contribution in [3.05, 3.63) is 70.8 Å². The number of hydrogen-bond acceptors (Lipinski definition) is 4. The lowest BCUT2D eigenvalue weighted by molar-refractivity contribution is 0.594. The Morgan fingerprint density at radius 2 is 1.54 bits per heavy atom. The summed E-state index contributed by atoms with van der Waals surface area (Å²) in [6.07, 6.45) is 2.02. The van der Waals surface area contributed by atoms with Gasteiger partial charge in [-0.05, 0) is 44.0 Å². The second-order valence-electron chi connectivity index (χ2n) is 6.58. The number of sulfone groups is 1. The van der Waals surface area contributed by atoms with Crippen LogP contribution >= 0.6 is 0 Å². The van der Waals surface area contributed by atoms with E-state index in [1.165, 1.54) is 12.1 Å². The van der Waals surface area contributed by atoms with Crippen molar-refractivity contribution in [2.75, 3.05) is 0 Å². The molecule has 1 aliphatic heterocycles. The number of hydrogen-bond donors (Lipinski definition) is 1. The number of nitrogens with one attached hydrogen (secondary N) is 1. The van der Waals surface area contributed by atoms with Gasteiger partial charge in [-0.15, -0.1) is 4.40 Å². The summed E-state index contributed by atoms with van der Waals surface area (Å²) in [6.45, 7) is 3.86. The molecule has 3 rings (SSSR count). The molecule has 0 amide bonds. The summed E-state index contributed by atoms with van der Waals surface area (Å²) < 4.78 is 54.8. The van der Waals surface area contributed by atoms with Gasteiger partial charge in [0.05, 0.1) is 9.79 Å². The Hall–Kier alpha value is -2.45. The zero-order chi connectivity index (χ0) is 20.4. The molecule has 0 fully saturated rings. The highest BCUT2D eigenvalue weighted by atomic mass is 32.2. The molecule has 0 aromatic heterocycles. The van der Waals surface area contributed by atoms with E-state index in [0.717, 1.165) is 18.4 Å². The molecule has 0 unspecified atom stereocenters. The van der Waals surface area contributed by atoms with Crippen molar-refractivity contribution in [1.29, 1.82) is 0 Å². The molecule has 0 radical (unpaired) electrons. The smallest absolute Gasteiger partial charge is 0.284 e. The highest BCUT2D eigenvalue weighted by Gasteiger charge is 2.36. The first kappa shape index (κ1) is 20.3. The molecule has 8 heteroatoms. The fourth-order valence-electron chi connectivity index (χ4n) is 2.80. The summed E-state index contributed by atoms with van der Waals surface area (Å²) in [5, 5.41) is 2.71. The van der Waals surface area contributed by atoms with Gasteiger partial charge in [-0.3, -0.25) is 0 Å². The second-order valence-corrected chi connectivity index (χ2v) is 10.1. The Bertz CT molecular complexity index is 1130. The molecular formula is C20H22N2O4S2. The highest BCUT2D eigenvalue weighted by molar-refractivity contribution is 7.95. The van der Waals surface area contributed by atoms with E-state index < -0.39 is 19.9 Å². The van der Waals surface area contributed by atoms with Crippen LogP contribution in [0, 0.1) is 6.92 Å². The van der Waals surface area contributed by atoms with E-state index >= 15 is 0 Å². The van der Waals surface area contributed by atoms with Crippen LogP contribution in [-0.2, 0) is 19.9 Å². The average Bonchev–Trinajstić information content (AvgIpc) is 2.66. The molecule has 148 valence electrons. The van der Waals surface area contributed by atoms with Crippen molar-refractivity contribution in [2.45, 2.75) is 42.9 Å². The van der Waals surface area contributed by atoms with Crippen molar-refractivity contribution in [3.63, 3.8) is 0 Å². The molecule has 1 aliphatic rings. The molecule has 28 heavy (non-hydrogen) atoms. The van der Waals surface area contributed by atoms with E-state index in [9.17, 15) is 16.8 Å². The van der Waals surface area contributed by atoms with Gasteiger partial charge in [-0.25, -0.2) is 8.42 Å². The molecule has 0 aliphatic carbocycles. The average molecular weight is 419 g/mol. The molecule has 6 nitrogen and oxygen atoms in total. The second kappa shape index (κ2) is 7.89. The minimum atomic E-state index is -3.92. The number of rotatable bonds is 7. The lowest BCUT2D eigenvalue weighted by atomic mass is 10.1. The molecule has 1 heterocycles. The minimum absolute atomic E-state index is 0.0341. The number of sulfonamides is 1. The van der Waals surface area contributed by atoms with Gasteiger partial charge >= 0.3 is 0 Å². The Morgan fingerprint density at radius 3 is 2.14 bits per heavy atom. The number of amidine groups is 1. The highest BCUT2D eigenvalue weighted by Crippen LogP contribution is 2.30. The normalized spacial score (nSPS) is 16.0. The Morgan fingerprint density at radius 1 is 0.893 bits per heavy atom. The number of unbranched alkanes of at least 4 members (excludes halogenated alkanes) is 1. The van der Waals surface area contributed by atoms with Crippen LogP contribution in [0.25, 0.3) is 0 Å². The SMILES string of the molecule is CCCCC1=C(S(=O)(=O)c2ccc(C)cc2)N/C1=N/S(=O)(=O)c1ccccc1. The summed E-state index contributed by atoms with van der Waals surface area (Å²) in [5.41, 5.74) is 1.39. The van der Waals surface area contributed by atoms with Gasteiger partial charge in [-0.1, -0.05) is 49.2 Å². The Kier molecular flexibility index (Phi) is 5.71. The van der Waals surface area contributed by atoms with Crippen molar-refractivity contribution in [3.8, 4) is 0 Å². The van der Waals surface area contributed by atoms with Crippen LogP contribution in [0.2, 0.25) is 0 Å². The quantitative estimate of drug-likeness (QED) is 0.742. The minimum Gasteiger partial charge on any atom is -0.329 e. The zero-order valence-electron chi connectivity index (χ0n) is 15.7. The summed E-state index contributed by atoms with van der Waals surface area (Å²) >= 11 is 0. The maximum absolute atomic E-state index is 13.0. The summed E-state index contributed by atoms with van der Waals surface area (Å²) in [5.74, 6) is 0.1000. The van der Waals surface area contributed by atoms with Gasteiger partial charge < -0.3 is 5.32 Å². The Balaban J connectivity index is 2.02. The molecule has 0 spiro atoms. The lowest BCUT2D eigenvalue weighted by Gasteiger charge is -2.27. The van der Waals surface area contributed by atoms with E-state index in [0.29, 0.717) is 12.0 Å². The fourth-order valence-corrected chi connectivity index (χ4v) is 5.28. The first-order valence-corrected chi connectivity index (χ1v) is 11.9. The topological polar surface area (TPSA) is 92.7 Å². The van der Waals surface area contributed by atoms with E-state index in [-0.39, 0.29) is 20.7 Å². The van der Waals surface area contributed by atoms with E-state index in [2.05, 4.69) is 9.71 Å². The molecule has 0 saturated heterocycles. The van der Waals surface area contributed by atoms with Crippen molar-refractivity contribution < 1.29 is 16.8 Å². The molecule has 0 saturated carbocycles. The van der Waals surface area contributed by atoms with Gasteiger partial charge in [0, 0.05) is 5.57 Å². The van der Waals surface area contributed by atoms with Gasteiger partial charge in [0.25, 0.3) is 10.0 Å². The largest absolute Gasteiger partial charge is 0.329 e. The molecule has 2 aromatic rings. The number of benzene rings is 2. The fraction of sp³-hybridized carbons (Fsp3) is 0.250. The van der Waals surface area contributed by atoms with E-state index in [4.69, 9.17) is 0 Å². The standard InChI is InChI=1S/C20H22N2O4S2/c1-3-4-10-18-19(22-28(25,26)17-8-6-5-7-9-17)21-20(18)27(23,24)16-13-11-15(2)12-14-16/h5-9,11-14H,3-4,10H2,1-2H3,(H,21,22). The third-order valence-corrected chi connectivity index (χ3v) is 7.49. The summed E-state index contributed by atoms with van der Waals surface area (Å²) in [4.78, 5) is 0.230. The molecular weight excluding hydrogens is 396 g/mol. The third kappa shape index (κ3) is 4.02. The lowest BCUT2D eigenvalue weighted by Crippen LogP contribution is -2.42. The number of nitrogens with zero attached hydrogens (tertiary/aromatic N) is 1. The van der Waals surface area contributed by atoms with Crippen LogP contribution in [0.1, 0.15) is 31.7 Å². The van der Waals surface area contributed by atoms with Crippen LogP contribution in [0.5, 0.6) is 0 Å². The molecule has 1 N–H and O–H groups in total. The first-order chi connectivity index (χ1) is 13.3. The summed E-state index contributed by atoms with van der Waals surface area (Å²) in [6, 6.07) is 14.4. The van der Waals surface area contributed by atoms with Crippen LogP contribution in [-0.4, -0.2) is 22.7 Å². The van der Waals surface area contributed by atoms with Gasteiger partial charge in [0.15, 0.2) is 0 Å². The van der Waals surface area contributed by atoms with E-state index in [1.807, 2.05) is 13.8 Å². The maximum atomic E-state index is 13.0. The van der Waals surface area contributed by atoms with Gasteiger partial charge in [-0.2, -0.15) is 8.42 Å². The third-order valence-electron chi connectivity index (χ3n) is 4.42. The van der Waals surface area contributed by atoms with Crippen LogP contribution in [0.15, 0.2) is 79.4 Å². The van der Waals surface area contributed by atoms with Crippen LogP contribution in [0.4, 0.5) is 0 Å². The van der Waals surface area contributed by atoms with Gasteiger partial charge in [0.1, 0.15) is 10.9 Å². The van der Waals surface area contributed by atoms with Crippen LogP contribution < -0.4 is 5.32 Å². The monoisotopic (exact) mass is 418 g/mol. The summed E-state index contributed by atoms with van der Waals surface area (Å²) in [7, 11) is -7.68. The molecule has 0 bridgehead atoms.